The van der Waals surface area contributed by atoms with Gasteiger partial charge in [-0.2, -0.15) is 11.8 Å². The summed E-state index contributed by atoms with van der Waals surface area (Å²) in [7, 11) is 0. The van der Waals surface area contributed by atoms with Crippen molar-refractivity contribution in [2.75, 3.05) is 23.4 Å². The zero-order chi connectivity index (χ0) is 15.7. The maximum Gasteiger partial charge on any atom is 0.163 e. The fourth-order valence-electron chi connectivity index (χ4n) is 2.03. The van der Waals surface area contributed by atoms with Crippen molar-refractivity contribution in [3.05, 3.63) is 23.3 Å². The van der Waals surface area contributed by atoms with Crippen molar-refractivity contribution in [2.45, 2.75) is 33.1 Å². The third-order valence-corrected chi connectivity index (χ3v) is 5.02. The maximum absolute atomic E-state index is 11.5. The highest BCUT2D eigenvalue weighted by molar-refractivity contribution is 9.09. The molecular weight excluding hydrogens is 352 g/mol. The number of hydrogen-bond acceptors (Lipinski definition) is 4. The number of phenolic OH excluding ortho intramolecular Hbond substituents is 1. The summed E-state index contributed by atoms with van der Waals surface area (Å²) < 4.78 is 5.79. The van der Waals surface area contributed by atoms with Crippen molar-refractivity contribution >= 4 is 33.5 Å². The topological polar surface area (TPSA) is 46.5 Å². The van der Waals surface area contributed by atoms with Crippen molar-refractivity contribution in [2.24, 2.45) is 0 Å². The first-order valence-corrected chi connectivity index (χ1v) is 9.51. The van der Waals surface area contributed by atoms with Crippen LogP contribution in [0, 0.1) is 0 Å². The predicted molar refractivity (Wildman–Crippen MR) is 93.3 cm³/mol. The van der Waals surface area contributed by atoms with Gasteiger partial charge in [0.2, 0.25) is 0 Å². The Morgan fingerprint density at radius 1 is 1.38 bits per heavy atom. The van der Waals surface area contributed by atoms with Gasteiger partial charge in [-0.05, 0) is 37.7 Å². The Bertz CT molecular complexity index is 463. The molecule has 0 aliphatic carbocycles. The van der Waals surface area contributed by atoms with Crippen LogP contribution in [0.1, 0.15) is 42.6 Å². The summed E-state index contributed by atoms with van der Waals surface area (Å²) in [5.41, 5.74) is 1.12. The molecular formula is C16H23BrO3S. The first-order valence-electron chi connectivity index (χ1n) is 7.24. The lowest BCUT2D eigenvalue weighted by Gasteiger charge is -2.14. The number of carbonyl (C=O) groups is 1. The van der Waals surface area contributed by atoms with Crippen LogP contribution in [0.4, 0.5) is 0 Å². The van der Waals surface area contributed by atoms with Gasteiger partial charge in [0.1, 0.15) is 11.5 Å². The summed E-state index contributed by atoms with van der Waals surface area (Å²) in [5, 5.41) is 11.2. The molecule has 0 atom stereocenters. The van der Waals surface area contributed by atoms with Crippen LogP contribution in [0.25, 0.3) is 0 Å². The molecule has 0 heterocycles. The molecule has 21 heavy (non-hydrogen) atoms. The van der Waals surface area contributed by atoms with Crippen molar-refractivity contribution in [3.8, 4) is 11.5 Å². The molecule has 5 heteroatoms. The Balaban J connectivity index is 2.68. The number of thioether (sulfide) groups is 1. The number of benzene rings is 1. The zero-order valence-electron chi connectivity index (χ0n) is 12.7. The molecule has 118 valence electrons. The molecule has 0 amide bonds. The van der Waals surface area contributed by atoms with Crippen LogP contribution >= 0.6 is 27.7 Å². The molecule has 1 aromatic carbocycles. The number of Topliss-reactive ketones (excluding diaryl/α,β-unsaturated/α-hetero) is 1. The minimum absolute atomic E-state index is 0.0792. The largest absolute Gasteiger partial charge is 0.507 e. The number of aromatic hydroxyl groups is 1. The molecule has 0 bridgehead atoms. The lowest BCUT2D eigenvalue weighted by molar-refractivity contribution is 0.101. The summed E-state index contributed by atoms with van der Waals surface area (Å²) in [6.07, 6.45) is 2.57. The monoisotopic (exact) mass is 374 g/mol. The van der Waals surface area contributed by atoms with Crippen molar-refractivity contribution in [1.82, 2.24) is 0 Å². The number of hydrogen-bond donors (Lipinski definition) is 1. The van der Waals surface area contributed by atoms with Crippen LogP contribution in [-0.2, 0) is 6.42 Å². The second-order valence-corrected chi connectivity index (χ2v) is 6.77. The Labute approximate surface area is 139 Å². The van der Waals surface area contributed by atoms with Gasteiger partial charge in [0.05, 0.1) is 12.2 Å². The highest BCUT2D eigenvalue weighted by Gasteiger charge is 2.15. The van der Waals surface area contributed by atoms with Crippen molar-refractivity contribution < 1.29 is 14.6 Å². The van der Waals surface area contributed by atoms with E-state index in [4.69, 9.17) is 4.74 Å². The number of ketones is 1. The number of halogens is 1. The number of ether oxygens (including phenoxy) is 1. The Hall–Kier alpha value is -0.680. The fraction of sp³-hybridized carbons (Fsp3) is 0.562. The van der Waals surface area contributed by atoms with Gasteiger partial charge in [0, 0.05) is 16.6 Å². The maximum atomic E-state index is 11.5. The van der Waals surface area contributed by atoms with Gasteiger partial charge in [-0.15, -0.1) is 0 Å². The van der Waals surface area contributed by atoms with E-state index in [0.29, 0.717) is 24.3 Å². The van der Waals surface area contributed by atoms with Crippen LogP contribution in [0.2, 0.25) is 0 Å². The first kappa shape index (κ1) is 18.4. The van der Waals surface area contributed by atoms with Crippen LogP contribution in [0.3, 0.4) is 0 Å². The molecule has 0 unspecified atom stereocenters. The van der Waals surface area contributed by atoms with Crippen molar-refractivity contribution in [3.63, 3.8) is 0 Å². The SMILES string of the molecule is CCCc1c(OCCCSCCBr)ccc(C(C)=O)c1O. The molecule has 1 aromatic rings. The molecule has 0 aliphatic heterocycles. The quantitative estimate of drug-likeness (QED) is 0.373. The van der Waals surface area contributed by atoms with Gasteiger partial charge in [-0.1, -0.05) is 29.3 Å². The van der Waals surface area contributed by atoms with Crippen LogP contribution in [-0.4, -0.2) is 34.3 Å². The minimum atomic E-state index is -0.123. The molecule has 1 N–H and O–H groups in total. The Kier molecular flexibility index (Phi) is 8.85. The number of alkyl halides is 1. The second kappa shape index (κ2) is 10.1. The average Bonchev–Trinajstić information content (AvgIpc) is 2.45. The first-order chi connectivity index (χ1) is 10.1. The fourth-order valence-corrected chi connectivity index (χ4v) is 3.35. The molecule has 0 aromatic heterocycles. The molecule has 0 saturated carbocycles. The van der Waals surface area contributed by atoms with Gasteiger partial charge in [0.25, 0.3) is 0 Å². The van der Waals surface area contributed by atoms with E-state index in [1.807, 2.05) is 18.7 Å². The normalized spacial score (nSPS) is 10.6. The Morgan fingerprint density at radius 2 is 2.14 bits per heavy atom. The van der Waals surface area contributed by atoms with E-state index in [0.717, 1.165) is 35.2 Å². The third kappa shape index (κ3) is 5.91. The van der Waals surface area contributed by atoms with E-state index in [1.54, 1.807) is 12.1 Å². The molecule has 0 aliphatic rings. The summed E-state index contributed by atoms with van der Waals surface area (Å²) in [6, 6.07) is 3.44. The molecule has 3 nitrogen and oxygen atoms in total. The molecule has 0 fully saturated rings. The molecule has 1 rings (SSSR count). The van der Waals surface area contributed by atoms with Gasteiger partial charge in [0.15, 0.2) is 5.78 Å². The lowest BCUT2D eigenvalue weighted by atomic mass is 10.0. The number of rotatable bonds is 10. The van der Waals surface area contributed by atoms with E-state index in [-0.39, 0.29) is 11.5 Å². The van der Waals surface area contributed by atoms with Crippen LogP contribution in [0.5, 0.6) is 11.5 Å². The van der Waals surface area contributed by atoms with Gasteiger partial charge < -0.3 is 9.84 Å². The predicted octanol–water partition coefficient (Wildman–Crippen LogP) is 4.44. The standard InChI is InChI=1S/C16H23BrO3S/c1-3-5-14-15(20-9-4-10-21-11-8-17)7-6-13(12(2)18)16(14)19/h6-7,19H,3-5,8-11H2,1-2H3. The van der Waals surface area contributed by atoms with Gasteiger partial charge >= 0.3 is 0 Å². The third-order valence-electron chi connectivity index (χ3n) is 3.03. The van der Waals surface area contributed by atoms with Gasteiger partial charge in [-0.25, -0.2) is 0 Å². The molecule has 0 saturated heterocycles. The summed E-state index contributed by atoms with van der Waals surface area (Å²) in [4.78, 5) is 11.5. The summed E-state index contributed by atoms with van der Waals surface area (Å²) >= 11 is 5.29. The smallest absolute Gasteiger partial charge is 0.163 e. The zero-order valence-corrected chi connectivity index (χ0v) is 15.1. The van der Waals surface area contributed by atoms with Crippen LogP contribution < -0.4 is 4.74 Å². The summed E-state index contributed by atoms with van der Waals surface area (Å²) in [6.45, 7) is 4.14. The average molecular weight is 375 g/mol. The highest BCUT2D eigenvalue weighted by Crippen LogP contribution is 2.33. The van der Waals surface area contributed by atoms with E-state index in [2.05, 4.69) is 15.9 Å². The van der Waals surface area contributed by atoms with Gasteiger partial charge in [-0.3, -0.25) is 4.79 Å². The minimum Gasteiger partial charge on any atom is -0.507 e. The summed E-state index contributed by atoms with van der Waals surface area (Å²) in [5.74, 6) is 2.82. The van der Waals surface area contributed by atoms with E-state index in [9.17, 15) is 9.90 Å². The number of carbonyl (C=O) groups excluding carboxylic acids is 1. The lowest BCUT2D eigenvalue weighted by Crippen LogP contribution is -2.04. The van der Waals surface area contributed by atoms with Crippen LogP contribution in [0.15, 0.2) is 12.1 Å². The van der Waals surface area contributed by atoms with E-state index < -0.39 is 0 Å². The van der Waals surface area contributed by atoms with E-state index >= 15 is 0 Å². The number of phenols is 1. The Morgan fingerprint density at radius 3 is 2.76 bits per heavy atom. The van der Waals surface area contributed by atoms with E-state index in [1.165, 1.54) is 6.92 Å². The van der Waals surface area contributed by atoms with Crippen molar-refractivity contribution in [1.29, 1.82) is 0 Å². The second-order valence-electron chi connectivity index (χ2n) is 4.75. The highest BCUT2D eigenvalue weighted by atomic mass is 79.9. The molecule has 0 radical (unpaired) electrons. The molecule has 0 spiro atoms.